The Morgan fingerprint density at radius 2 is 1.96 bits per heavy atom. The number of nitrogens with one attached hydrogen (secondary N) is 1. The lowest BCUT2D eigenvalue weighted by Gasteiger charge is -2.07. The molecule has 0 atom stereocenters. The number of pyridine rings is 1. The Balaban J connectivity index is 2.11. The number of benzene rings is 1. The minimum atomic E-state index is -0.843. The Bertz CT molecular complexity index is 1200. The number of carbonyl (C=O) groups excluding carboxylic acids is 1. The second-order valence-corrected chi connectivity index (χ2v) is 5.42. The number of rotatable bonds is 3. The number of aromatic nitrogens is 5. The first-order valence-electron chi connectivity index (χ1n) is 7.54. The molecule has 0 radical (unpaired) electrons. The molecule has 1 amide bonds. The number of primary amides is 1. The van der Waals surface area contributed by atoms with E-state index >= 15 is 0 Å². The summed E-state index contributed by atoms with van der Waals surface area (Å²) in [6, 6.07) is 9.11. The largest absolute Gasteiger partial charge is 0.364 e. The summed E-state index contributed by atoms with van der Waals surface area (Å²) in [5.41, 5.74) is 5.18. The van der Waals surface area contributed by atoms with Crippen molar-refractivity contribution >= 4 is 17.1 Å². The second kappa shape index (κ2) is 5.88. The summed E-state index contributed by atoms with van der Waals surface area (Å²) in [4.78, 5) is 39.2. The Labute approximate surface area is 145 Å². The van der Waals surface area contributed by atoms with E-state index < -0.39 is 17.4 Å². The first-order chi connectivity index (χ1) is 12.6. The fourth-order valence-corrected chi connectivity index (χ4v) is 2.64. The van der Waals surface area contributed by atoms with Gasteiger partial charge < -0.3 is 10.7 Å². The van der Waals surface area contributed by atoms with Gasteiger partial charge in [-0.3, -0.25) is 9.78 Å². The highest BCUT2D eigenvalue weighted by Crippen LogP contribution is 2.22. The number of hydrogen-bond acceptors (Lipinski definition) is 5. The molecule has 26 heavy (non-hydrogen) atoms. The number of fused-ring (bicyclic) bond motifs is 1. The zero-order valence-corrected chi connectivity index (χ0v) is 13.2. The second-order valence-electron chi connectivity index (χ2n) is 5.42. The third-order valence-electron chi connectivity index (χ3n) is 3.78. The van der Waals surface area contributed by atoms with Gasteiger partial charge in [0.1, 0.15) is 11.3 Å². The van der Waals surface area contributed by atoms with E-state index in [4.69, 9.17) is 5.73 Å². The van der Waals surface area contributed by atoms with Crippen LogP contribution < -0.4 is 11.4 Å². The van der Waals surface area contributed by atoms with Crippen LogP contribution in [0.5, 0.6) is 0 Å². The van der Waals surface area contributed by atoms with E-state index in [2.05, 4.69) is 19.9 Å². The highest BCUT2D eigenvalue weighted by atomic mass is 19.1. The lowest BCUT2D eigenvalue weighted by Crippen LogP contribution is -2.16. The van der Waals surface area contributed by atoms with Crippen LogP contribution in [0.4, 0.5) is 4.39 Å². The first kappa shape index (κ1) is 15.6. The van der Waals surface area contributed by atoms with Crippen molar-refractivity contribution in [2.45, 2.75) is 0 Å². The van der Waals surface area contributed by atoms with Crippen molar-refractivity contribution in [3.8, 4) is 17.1 Å². The monoisotopic (exact) mass is 350 g/mol. The van der Waals surface area contributed by atoms with Gasteiger partial charge in [-0.15, -0.1) is 0 Å². The Morgan fingerprint density at radius 1 is 1.15 bits per heavy atom. The number of carbonyl (C=O) groups is 1. The molecule has 0 aliphatic heterocycles. The van der Waals surface area contributed by atoms with Crippen molar-refractivity contribution in [2.75, 3.05) is 0 Å². The predicted molar refractivity (Wildman–Crippen MR) is 91.2 cm³/mol. The minimum Gasteiger partial charge on any atom is -0.364 e. The van der Waals surface area contributed by atoms with Crippen molar-refractivity contribution in [1.82, 2.24) is 24.5 Å². The summed E-state index contributed by atoms with van der Waals surface area (Å²) in [6.45, 7) is 0. The third kappa shape index (κ3) is 2.42. The van der Waals surface area contributed by atoms with Crippen LogP contribution in [0.15, 0.2) is 53.6 Å². The molecule has 0 aliphatic rings. The number of hydrogen-bond donors (Lipinski definition) is 2. The highest BCUT2D eigenvalue weighted by molar-refractivity contribution is 6.02. The molecule has 0 saturated heterocycles. The Kier molecular flexibility index (Phi) is 3.54. The van der Waals surface area contributed by atoms with Gasteiger partial charge in [-0.1, -0.05) is 12.1 Å². The van der Waals surface area contributed by atoms with Gasteiger partial charge >= 0.3 is 5.69 Å². The van der Waals surface area contributed by atoms with E-state index in [1.165, 1.54) is 24.4 Å². The fraction of sp³-hybridized carbons (Fsp3) is 0. The van der Waals surface area contributed by atoms with Crippen molar-refractivity contribution in [2.24, 2.45) is 5.73 Å². The fourth-order valence-electron chi connectivity index (χ4n) is 2.64. The molecule has 4 rings (SSSR count). The number of nitrogens with zero attached hydrogens (tertiary/aromatic N) is 4. The van der Waals surface area contributed by atoms with Crippen LogP contribution in [-0.2, 0) is 0 Å². The average molecular weight is 350 g/mol. The van der Waals surface area contributed by atoms with Crippen LogP contribution in [0.1, 0.15) is 10.5 Å². The van der Waals surface area contributed by atoms with Gasteiger partial charge in [0.05, 0.1) is 5.69 Å². The molecule has 0 bridgehead atoms. The number of para-hydroxylation sites is 1. The molecule has 1 aromatic carbocycles. The Hall–Kier alpha value is -3.88. The first-order valence-corrected chi connectivity index (χ1v) is 7.54. The molecule has 3 heterocycles. The van der Waals surface area contributed by atoms with Crippen LogP contribution in [0.2, 0.25) is 0 Å². The smallest absolute Gasteiger partial charge is 0.332 e. The molecule has 0 spiro atoms. The topological polar surface area (TPSA) is 120 Å². The molecule has 3 N–H and O–H groups in total. The van der Waals surface area contributed by atoms with Gasteiger partial charge in [0.25, 0.3) is 5.91 Å². The van der Waals surface area contributed by atoms with Crippen LogP contribution in [0.25, 0.3) is 28.2 Å². The maximum absolute atomic E-state index is 14.2. The summed E-state index contributed by atoms with van der Waals surface area (Å²) in [5, 5.41) is 0. The zero-order valence-electron chi connectivity index (χ0n) is 13.2. The molecule has 4 aromatic rings. The van der Waals surface area contributed by atoms with Crippen LogP contribution in [0, 0.1) is 5.82 Å². The predicted octanol–water partition coefficient (Wildman–Crippen LogP) is 1.41. The number of amides is 1. The van der Waals surface area contributed by atoms with Gasteiger partial charge in [-0.25, -0.2) is 23.7 Å². The third-order valence-corrected chi connectivity index (χ3v) is 3.78. The quantitative estimate of drug-likeness (QED) is 0.579. The molecule has 0 aliphatic carbocycles. The van der Waals surface area contributed by atoms with Crippen molar-refractivity contribution in [1.29, 1.82) is 0 Å². The molecule has 9 heteroatoms. The molecule has 3 aromatic heterocycles. The van der Waals surface area contributed by atoms with Gasteiger partial charge in [0, 0.05) is 18.0 Å². The average Bonchev–Trinajstić information content (AvgIpc) is 2.97. The van der Waals surface area contributed by atoms with Gasteiger partial charge in [-0.05, 0) is 24.3 Å². The van der Waals surface area contributed by atoms with E-state index in [1.807, 2.05) is 0 Å². The van der Waals surface area contributed by atoms with Crippen LogP contribution in [-0.4, -0.2) is 30.4 Å². The number of halogens is 1. The number of imidazole rings is 1. The maximum atomic E-state index is 14.2. The molecule has 8 nitrogen and oxygen atoms in total. The zero-order chi connectivity index (χ0) is 18.3. The van der Waals surface area contributed by atoms with E-state index in [1.54, 1.807) is 24.4 Å². The highest BCUT2D eigenvalue weighted by Gasteiger charge is 2.21. The van der Waals surface area contributed by atoms with Gasteiger partial charge in [0.15, 0.2) is 17.2 Å². The lowest BCUT2D eigenvalue weighted by atomic mass is 10.2. The number of H-pyrrole nitrogens is 1. The van der Waals surface area contributed by atoms with Crippen molar-refractivity contribution in [3.63, 3.8) is 0 Å². The normalized spacial score (nSPS) is 11.0. The summed E-state index contributed by atoms with van der Waals surface area (Å²) in [5.74, 6) is -1.31. The molecule has 0 unspecified atom stereocenters. The summed E-state index contributed by atoms with van der Waals surface area (Å²) in [6.07, 6.45) is 3.08. The number of nitrogens with two attached hydrogens (primary N) is 1. The molecular weight excluding hydrogens is 339 g/mol. The maximum Gasteiger partial charge on any atom is 0.332 e. The van der Waals surface area contributed by atoms with Crippen LogP contribution in [0.3, 0.4) is 0 Å². The van der Waals surface area contributed by atoms with Gasteiger partial charge in [-0.2, -0.15) is 0 Å². The summed E-state index contributed by atoms with van der Waals surface area (Å²) < 4.78 is 15.3. The molecule has 0 fully saturated rings. The SMILES string of the molecule is NC(=O)c1nc(-c2cccnc2)nc2c1[nH]c(=O)n2-c1ccccc1F. The summed E-state index contributed by atoms with van der Waals surface area (Å²) in [7, 11) is 0. The number of aromatic amines is 1. The van der Waals surface area contributed by atoms with E-state index in [-0.39, 0.29) is 28.4 Å². The van der Waals surface area contributed by atoms with Crippen molar-refractivity contribution < 1.29 is 9.18 Å². The lowest BCUT2D eigenvalue weighted by molar-refractivity contribution is 0.0997. The van der Waals surface area contributed by atoms with Crippen molar-refractivity contribution in [3.05, 3.63) is 70.8 Å². The summed E-state index contributed by atoms with van der Waals surface area (Å²) >= 11 is 0. The van der Waals surface area contributed by atoms with E-state index in [0.717, 1.165) is 4.57 Å². The molecule has 128 valence electrons. The van der Waals surface area contributed by atoms with Gasteiger partial charge in [0.2, 0.25) is 0 Å². The van der Waals surface area contributed by atoms with E-state index in [9.17, 15) is 14.0 Å². The minimum absolute atomic E-state index is 0.00462. The van der Waals surface area contributed by atoms with Crippen LogP contribution >= 0.6 is 0 Å². The molecule has 0 saturated carbocycles. The molecular formula is C17H11FN6O2. The Morgan fingerprint density at radius 3 is 2.65 bits per heavy atom. The standard InChI is InChI=1S/C17H11FN6O2/c18-10-5-1-2-6-11(10)24-16-13(22-17(24)26)12(14(19)25)21-15(23-16)9-4-3-7-20-8-9/h1-8H,(H2,19,25)(H,22,26). The van der Waals surface area contributed by atoms with E-state index in [0.29, 0.717) is 5.56 Å².